The van der Waals surface area contributed by atoms with Crippen molar-refractivity contribution in [2.45, 2.75) is 315 Å². The van der Waals surface area contributed by atoms with Gasteiger partial charge in [-0.3, -0.25) is 18.6 Å². The van der Waals surface area contributed by atoms with E-state index < -0.39 is 20.0 Å². The van der Waals surface area contributed by atoms with E-state index >= 15 is 0 Å². The molecule has 3 atom stereocenters. The molecule has 0 heterocycles. The van der Waals surface area contributed by atoms with E-state index in [9.17, 15) is 19.0 Å². The highest BCUT2D eigenvalue weighted by Gasteiger charge is 2.30. The summed E-state index contributed by atoms with van der Waals surface area (Å²) in [5.74, 6) is -0.494. The number of rotatable bonds is 57. The van der Waals surface area contributed by atoms with Crippen LogP contribution in [0.1, 0.15) is 303 Å². The molecule has 2 N–H and O–H groups in total. The van der Waals surface area contributed by atoms with Gasteiger partial charge in [0.05, 0.1) is 33.8 Å². The van der Waals surface area contributed by atoms with Crippen LogP contribution in [-0.4, -0.2) is 74.3 Å². The average molecular weight is 1050 g/mol. The number of nitrogens with one attached hydrogen (secondary N) is 1. The molecule has 0 aromatic heterocycles. The number of allylic oxidation sites excluding steroid dienone is 5. The summed E-state index contributed by atoms with van der Waals surface area (Å²) in [6, 6.07) is -0.844. The molecule has 0 rings (SSSR count). The van der Waals surface area contributed by atoms with E-state index in [0.29, 0.717) is 23.9 Å². The first-order chi connectivity index (χ1) is 35.4. The second-order valence-corrected chi connectivity index (χ2v) is 24.0. The van der Waals surface area contributed by atoms with E-state index in [4.69, 9.17) is 13.8 Å². The van der Waals surface area contributed by atoms with Gasteiger partial charge in [-0.05, 0) is 63.9 Å². The van der Waals surface area contributed by atoms with Crippen molar-refractivity contribution in [3.8, 4) is 0 Å². The number of phosphoric acid groups is 1. The molecular formula is C63H122N2O7P+. The number of quaternary nitrogens is 1. The number of likely N-dealkylation sites (N-methyl/N-ethyl adjacent to an activating group) is 1. The summed E-state index contributed by atoms with van der Waals surface area (Å²) < 4.78 is 30.7. The van der Waals surface area contributed by atoms with E-state index in [1.807, 2.05) is 33.3 Å². The van der Waals surface area contributed by atoms with Crippen molar-refractivity contribution in [2.75, 3.05) is 40.9 Å². The first-order valence-corrected chi connectivity index (χ1v) is 32.8. The van der Waals surface area contributed by atoms with Gasteiger partial charge in [0, 0.05) is 12.8 Å². The number of hydrogen-bond acceptors (Lipinski definition) is 6. The summed E-state index contributed by atoms with van der Waals surface area (Å²) in [6.07, 6.45) is 64.2. The van der Waals surface area contributed by atoms with Crippen molar-refractivity contribution in [3.63, 3.8) is 0 Å². The Morgan fingerprint density at radius 1 is 0.479 bits per heavy atom. The Labute approximate surface area is 453 Å². The lowest BCUT2D eigenvalue weighted by molar-refractivity contribution is -0.870. The molecule has 0 aliphatic heterocycles. The molecule has 3 unspecified atom stereocenters. The van der Waals surface area contributed by atoms with Crippen molar-refractivity contribution in [1.29, 1.82) is 0 Å². The van der Waals surface area contributed by atoms with Gasteiger partial charge in [0.1, 0.15) is 19.3 Å². The third-order valence-corrected chi connectivity index (χ3v) is 15.1. The van der Waals surface area contributed by atoms with Crippen molar-refractivity contribution >= 4 is 19.7 Å². The number of hydrogen-bond donors (Lipinski definition) is 2. The third-order valence-electron chi connectivity index (χ3n) is 14.1. The van der Waals surface area contributed by atoms with Crippen LogP contribution in [0.25, 0.3) is 0 Å². The van der Waals surface area contributed by atoms with Crippen LogP contribution < -0.4 is 5.32 Å². The van der Waals surface area contributed by atoms with Gasteiger partial charge in [0.25, 0.3) is 0 Å². The second-order valence-electron chi connectivity index (χ2n) is 22.6. The monoisotopic (exact) mass is 1050 g/mol. The van der Waals surface area contributed by atoms with E-state index in [1.54, 1.807) is 0 Å². The van der Waals surface area contributed by atoms with Crippen molar-refractivity contribution < 1.29 is 37.3 Å². The first kappa shape index (κ1) is 71.2. The minimum absolute atomic E-state index is 0.0425. The predicted octanol–water partition coefficient (Wildman–Crippen LogP) is 19.1. The number of ether oxygens (including phenoxy) is 1. The molecule has 0 aromatic rings. The van der Waals surface area contributed by atoms with E-state index in [-0.39, 0.29) is 25.1 Å². The number of carbonyl (C=O) groups excluding carboxylic acids is 2. The molecule has 0 saturated carbocycles. The maximum absolute atomic E-state index is 13.5. The molecule has 0 bridgehead atoms. The zero-order valence-corrected chi connectivity index (χ0v) is 50.0. The van der Waals surface area contributed by atoms with Crippen molar-refractivity contribution in [1.82, 2.24) is 5.32 Å². The molecule has 1 amide bonds. The molecule has 0 spiro atoms. The predicted molar refractivity (Wildman–Crippen MR) is 314 cm³/mol. The summed E-state index contributed by atoms with van der Waals surface area (Å²) >= 11 is 0. The van der Waals surface area contributed by atoms with Gasteiger partial charge < -0.3 is 19.4 Å². The molecule has 430 valence electrons. The maximum atomic E-state index is 13.5. The molecule has 0 aliphatic rings. The van der Waals surface area contributed by atoms with Crippen LogP contribution in [0.5, 0.6) is 0 Å². The second kappa shape index (κ2) is 53.6. The number of unbranched alkanes of at least 4 members (excludes halogenated alkanes) is 37. The van der Waals surface area contributed by atoms with Crippen molar-refractivity contribution in [3.05, 3.63) is 36.5 Å². The molecule has 10 heteroatoms. The maximum Gasteiger partial charge on any atom is 0.472 e. The van der Waals surface area contributed by atoms with Gasteiger partial charge in [-0.25, -0.2) is 4.57 Å². The molecule has 9 nitrogen and oxygen atoms in total. The Morgan fingerprint density at radius 3 is 1.26 bits per heavy atom. The van der Waals surface area contributed by atoms with E-state index in [1.165, 1.54) is 205 Å². The fourth-order valence-electron chi connectivity index (χ4n) is 9.21. The summed E-state index contributed by atoms with van der Waals surface area (Å²) in [4.78, 5) is 37.7. The zero-order valence-electron chi connectivity index (χ0n) is 49.1. The Bertz CT molecular complexity index is 1350. The highest BCUT2D eigenvalue weighted by molar-refractivity contribution is 7.47. The van der Waals surface area contributed by atoms with Crippen LogP contribution in [0.2, 0.25) is 0 Å². The fourth-order valence-corrected chi connectivity index (χ4v) is 9.94. The molecule has 0 aliphatic carbocycles. The molecule has 0 radical (unpaired) electrons. The highest BCUT2D eigenvalue weighted by atomic mass is 31.2. The number of esters is 1. The Morgan fingerprint density at radius 2 is 0.836 bits per heavy atom. The van der Waals surface area contributed by atoms with Crippen LogP contribution in [0, 0.1) is 0 Å². The number of phosphoric ester groups is 1. The molecule has 73 heavy (non-hydrogen) atoms. The molecule has 0 aromatic carbocycles. The van der Waals surface area contributed by atoms with Gasteiger partial charge in [-0.15, -0.1) is 0 Å². The van der Waals surface area contributed by atoms with E-state index in [2.05, 4.69) is 50.4 Å². The van der Waals surface area contributed by atoms with Crippen LogP contribution >= 0.6 is 7.82 Å². The lowest BCUT2D eigenvalue weighted by atomic mass is 10.0. The van der Waals surface area contributed by atoms with Crippen LogP contribution in [-0.2, 0) is 27.9 Å². The average Bonchev–Trinajstić information content (AvgIpc) is 3.35. The van der Waals surface area contributed by atoms with Crippen molar-refractivity contribution in [2.24, 2.45) is 0 Å². The Hall–Kier alpha value is -1.77. The van der Waals surface area contributed by atoms with Crippen LogP contribution in [0.3, 0.4) is 0 Å². The molecular weight excluding hydrogens is 928 g/mol. The van der Waals surface area contributed by atoms with Crippen LogP contribution in [0.15, 0.2) is 36.5 Å². The third kappa shape index (κ3) is 54.8. The Balaban J connectivity index is 5.19. The van der Waals surface area contributed by atoms with Gasteiger partial charge in [0.2, 0.25) is 5.91 Å². The SMILES string of the molecule is CCCCC/C=C\C/C=C\CCCCCCCCCCCCCC(=O)OC(/C=C/CCCCCCCCCCCC)C(COP(=O)(O)OCC[N+](C)(C)C)NC(=O)CCCCCCCCCCCCCCCC. The smallest absolute Gasteiger partial charge is 0.456 e. The lowest BCUT2D eigenvalue weighted by Crippen LogP contribution is -2.47. The van der Waals surface area contributed by atoms with Gasteiger partial charge in [-0.1, -0.05) is 263 Å². The summed E-state index contributed by atoms with van der Waals surface area (Å²) in [7, 11) is 1.51. The highest BCUT2D eigenvalue weighted by Crippen LogP contribution is 2.43. The largest absolute Gasteiger partial charge is 0.472 e. The zero-order chi connectivity index (χ0) is 53.6. The normalized spacial score (nSPS) is 13.9. The fraction of sp³-hybridized carbons (Fsp3) is 0.873. The number of carbonyl (C=O) groups is 2. The number of amides is 1. The lowest BCUT2D eigenvalue weighted by Gasteiger charge is -2.27. The topological polar surface area (TPSA) is 111 Å². The van der Waals surface area contributed by atoms with E-state index in [0.717, 1.165) is 64.2 Å². The Kier molecular flexibility index (Phi) is 52.3. The minimum atomic E-state index is -4.44. The quantitative estimate of drug-likeness (QED) is 0.0205. The van der Waals surface area contributed by atoms with Crippen LogP contribution in [0.4, 0.5) is 0 Å². The summed E-state index contributed by atoms with van der Waals surface area (Å²) in [5.41, 5.74) is 0. The van der Waals surface area contributed by atoms with Gasteiger partial charge in [0.15, 0.2) is 0 Å². The number of nitrogens with zero attached hydrogens (tertiary/aromatic N) is 1. The first-order valence-electron chi connectivity index (χ1n) is 31.3. The molecule has 0 fully saturated rings. The minimum Gasteiger partial charge on any atom is -0.456 e. The van der Waals surface area contributed by atoms with Gasteiger partial charge in [-0.2, -0.15) is 0 Å². The summed E-state index contributed by atoms with van der Waals surface area (Å²) in [5, 5.41) is 3.06. The summed E-state index contributed by atoms with van der Waals surface area (Å²) in [6.45, 7) is 7.02. The standard InChI is InChI=1S/C63H121N2O7P/c1-7-10-13-16-19-22-25-28-30-31-32-33-34-35-36-38-41-44-47-50-53-56-63(67)72-61(54-51-48-45-42-39-27-24-21-18-15-12-9-3)60(59-71-73(68,69)70-58-57-65(4,5)6)64-62(66)55-52-49-46-43-40-37-29-26-23-20-17-14-11-8-2/h19,22,28,30,51,54,60-61H,7-18,20-21,23-27,29,31-50,52-53,55-59H2,1-6H3,(H-,64,66,68,69)/p+1/b22-19-,30-28-,54-51+. The molecule has 0 saturated heterocycles. The van der Waals surface area contributed by atoms with Gasteiger partial charge >= 0.3 is 13.8 Å².